The van der Waals surface area contributed by atoms with Crippen LogP contribution in [0.5, 0.6) is 0 Å². The predicted octanol–water partition coefficient (Wildman–Crippen LogP) is 2.47. The molecule has 0 aromatic carbocycles. The number of hydrogen-bond donors (Lipinski definition) is 0. The number of hydrogen-bond acceptors (Lipinski definition) is 2. The van der Waals surface area contributed by atoms with Crippen LogP contribution in [0.15, 0.2) is 11.6 Å². The summed E-state index contributed by atoms with van der Waals surface area (Å²) < 4.78 is 0. The zero-order valence-electron chi connectivity index (χ0n) is 9.21. The third-order valence-electron chi connectivity index (χ3n) is 4.59. The van der Waals surface area contributed by atoms with Crippen LogP contribution < -0.4 is 0 Å². The minimum atomic E-state index is 0.453. The summed E-state index contributed by atoms with van der Waals surface area (Å²) in [4.78, 5) is 2.69. The van der Waals surface area contributed by atoms with Gasteiger partial charge in [-0.2, -0.15) is 5.26 Å². The van der Waals surface area contributed by atoms with E-state index in [0.29, 0.717) is 5.41 Å². The molecule has 0 N–H and O–H groups in total. The summed E-state index contributed by atoms with van der Waals surface area (Å²) in [7, 11) is 0. The number of piperidine rings is 2. The first kappa shape index (κ1) is 9.42. The first-order chi connectivity index (χ1) is 7.37. The maximum atomic E-state index is 8.83. The van der Waals surface area contributed by atoms with Crippen LogP contribution >= 0.6 is 0 Å². The zero-order chi connectivity index (χ0) is 10.3. The van der Waals surface area contributed by atoms with Crippen molar-refractivity contribution in [3.63, 3.8) is 0 Å². The minimum Gasteiger partial charge on any atom is -0.299 e. The van der Waals surface area contributed by atoms with Crippen molar-refractivity contribution >= 4 is 0 Å². The molecule has 2 saturated heterocycles. The van der Waals surface area contributed by atoms with E-state index in [-0.39, 0.29) is 0 Å². The lowest BCUT2D eigenvalue weighted by Crippen LogP contribution is -2.49. The molecule has 2 heteroatoms. The largest absolute Gasteiger partial charge is 0.299 e. The smallest absolute Gasteiger partial charge is 0.0911 e. The third kappa shape index (κ3) is 1.33. The van der Waals surface area contributed by atoms with Crippen LogP contribution in [-0.2, 0) is 0 Å². The minimum absolute atomic E-state index is 0.453. The number of allylic oxidation sites excluding steroid dienone is 1. The summed E-state index contributed by atoms with van der Waals surface area (Å²) >= 11 is 0. The molecule has 3 rings (SSSR count). The zero-order valence-corrected chi connectivity index (χ0v) is 9.21. The van der Waals surface area contributed by atoms with Gasteiger partial charge in [-0.15, -0.1) is 0 Å². The lowest BCUT2D eigenvalue weighted by atomic mass is 9.77. The van der Waals surface area contributed by atoms with Crippen LogP contribution in [0.25, 0.3) is 0 Å². The Kier molecular flexibility index (Phi) is 2.10. The fraction of sp³-hybridized carbons (Fsp3) is 0.769. The molecule has 0 aromatic heterocycles. The molecule has 1 saturated carbocycles. The molecule has 2 aliphatic heterocycles. The molecule has 0 bridgehead atoms. The number of rotatable bonds is 0. The molecular formula is C13H18N2. The Morgan fingerprint density at radius 1 is 1.33 bits per heavy atom. The first-order valence-electron chi connectivity index (χ1n) is 6.20. The fourth-order valence-corrected chi connectivity index (χ4v) is 3.69. The van der Waals surface area contributed by atoms with Crippen molar-refractivity contribution in [2.45, 2.75) is 44.6 Å². The Morgan fingerprint density at radius 2 is 2.20 bits per heavy atom. The van der Waals surface area contributed by atoms with E-state index in [2.05, 4.69) is 11.0 Å². The quantitative estimate of drug-likeness (QED) is 0.564. The van der Waals surface area contributed by atoms with Crippen LogP contribution in [0.2, 0.25) is 0 Å². The highest BCUT2D eigenvalue weighted by Gasteiger charge is 2.55. The summed E-state index contributed by atoms with van der Waals surface area (Å²) in [5, 5.41) is 8.83. The van der Waals surface area contributed by atoms with Gasteiger partial charge in [-0.05, 0) is 38.6 Å². The van der Waals surface area contributed by atoms with E-state index in [1.54, 1.807) is 0 Å². The van der Waals surface area contributed by atoms with Crippen molar-refractivity contribution in [3.05, 3.63) is 11.6 Å². The monoisotopic (exact) mass is 202 g/mol. The van der Waals surface area contributed by atoms with Gasteiger partial charge in [-0.1, -0.05) is 12.0 Å². The molecule has 2 heterocycles. The van der Waals surface area contributed by atoms with E-state index in [1.165, 1.54) is 50.8 Å². The highest BCUT2D eigenvalue weighted by atomic mass is 15.2. The molecule has 1 spiro atoms. The lowest BCUT2D eigenvalue weighted by molar-refractivity contribution is 0.0780. The van der Waals surface area contributed by atoms with Crippen LogP contribution in [-0.4, -0.2) is 24.0 Å². The van der Waals surface area contributed by atoms with E-state index in [4.69, 9.17) is 5.26 Å². The van der Waals surface area contributed by atoms with Gasteiger partial charge in [0.2, 0.25) is 0 Å². The van der Waals surface area contributed by atoms with Gasteiger partial charge in [-0.25, -0.2) is 0 Å². The van der Waals surface area contributed by atoms with Gasteiger partial charge in [0, 0.05) is 24.1 Å². The van der Waals surface area contributed by atoms with E-state index in [0.717, 1.165) is 12.5 Å². The standard InChI is InChI=1S/C13H18N2/c14-8-4-11-5-10-15-9-2-1-3-12(15)13(11)6-7-13/h4,12H,1-3,5-7,9-10H2/b11-4+. The predicted molar refractivity (Wildman–Crippen MR) is 59.2 cm³/mol. The molecular weight excluding hydrogens is 184 g/mol. The average molecular weight is 202 g/mol. The Morgan fingerprint density at radius 3 is 2.93 bits per heavy atom. The maximum absolute atomic E-state index is 8.83. The summed E-state index contributed by atoms with van der Waals surface area (Å²) in [6.45, 7) is 2.49. The van der Waals surface area contributed by atoms with E-state index >= 15 is 0 Å². The fourth-order valence-electron chi connectivity index (χ4n) is 3.69. The topological polar surface area (TPSA) is 27.0 Å². The lowest BCUT2D eigenvalue weighted by Gasteiger charge is -2.46. The van der Waals surface area contributed by atoms with Gasteiger partial charge in [-0.3, -0.25) is 4.90 Å². The summed E-state index contributed by atoms with van der Waals surface area (Å²) in [6.07, 6.45) is 9.79. The van der Waals surface area contributed by atoms with Gasteiger partial charge in [0.15, 0.2) is 0 Å². The van der Waals surface area contributed by atoms with E-state index < -0.39 is 0 Å². The number of nitriles is 1. The van der Waals surface area contributed by atoms with Gasteiger partial charge < -0.3 is 0 Å². The molecule has 3 aliphatic rings. The van der Waals surface area contributed by atoms with Crippen molar-refractivity contribution < 1.29 is 0 Å². The van der Waals surface area contributed by atoms with Crippen LogP contribution in [0.4, 0.5) is 0 Å². The van der Waals surface area contributed by atoms with Gasteiger partial charge >= 0.3 is 0 Å². The summed E-state index contributed by atoms with van der Waals surface area (Å²) in [5.41, 5.74) is 1.92. The normalized spacial score (nSPS) is 36.2. The molecule has 1 unspecified atom stereocenters. The molecule has 80 valence electrons. The molecule has 0 amide bonds. The van der Waals surface area contributed by atoms with Gasteiger partial charge in [0.1, 0.15) is 0 Å². The summed E-state index contributed by atoms with van der Waals surface area (Å²) in [6, 6.07) is 3.03. The van der Waals surface area contributed by atoms with E-state index in [1.807, 2.05) is 6.08 Å². The molecule has 0 radical (unpaired) electrons. The van der Waals surface area contributed by atoms with Crippen molar-refractivity contribution in [2.24, 2.45) is 5.41 Å². The molecule has 0 aromatic rings. The molecule has 1 aliphatic carbocycles. The molecule has 1 atom stereocenters. The summed E-state index contributed by atoms with van der Waals surface area (Å²) in [5.74, 6) is 0. The molecule has 2 nitrogen and oxygen atoms in total. The Labute approximate surface area is 91.6 Å². The average Bonchev–Trinajstić information content (AvgIpc) is 3.05. The van der Waals surface area contributed by atoms with Crippen molar-refractivity contribution in [1.82, 2.24) is 4.90 Å². The third-order valence-corrected chi connectivity index (χ3v) is 4.59. The van der Waals surface area contributed by atoms with Gasteiger partial charge in [0.05, 0.1) is 6.07 Å². The highest BCUT2D eigenvalue weighted by Crippen LogP contribution is 2.60. The second kappa shape index (κ2) is 3.35. The van der Waals surface area contributed by atoms with Crippen LogP contribution in [0.1, 0.15) is 38.5 Å². The van der Waals surface area contributed by atoms with Crippen molar-refractivity contribution in [1.29, 1.82) is 5.26 Å². The Hall–Kier alpha value is -0.810. The van der Waals surface area contributed by atoms with Crippen molar-refractivity contribution in [2.75, 3.05) is 13.1 Å². The second-order valence-electron chi connectivity index (χ2n) is 5.25. The van der Waals surface area contributed by atoms with Crippen LogP contribution in [0.3, 0.4) is 0 Å². The number of fused-ring (bicyclic) bond motifs is 2. The molecule has 3 fully saturated rings. The van der Waals surface area contributed by atoms with E-state index in [9.17, 15) is 0 Å². The highest BCUT2D eigenvalue weighted by molar-refractivity contribution is 5.32. The Balaban J connectivity index is 1.89. The molecule has 15 heavy (non-hydrogen) atoms. The first-order valence-corrected chi connectivity index (χ1v) is 6.20. The second-order valence-corrected chi connectivity index (χ2v) is 5.25. The maximum Gasteiger partial charge on any atom is 0.0911 e. The SMILES string of the molecule is N#C/C=C1\CCN2CCCCC2C12CC2. The Bertz CT molecular complexity index is 333. The van der Waals surface area contributed by atoms with Crippen LogP contribution in [0, 0.1) is 16.7 Å². The van der Waals surface area contributed by atoms with Crippen molar-refractivity contribution in [3.8, 4) is 6.07 Å². The number of nitrogens with zero attached hydrogens (tertiary/aromatic N) is 2. The van der Waals surface area contributed by atoms with Gasteiger partial charge in [0.25, 0.3) is 0 Å².